The van der Waals surface area contributed by atoms with E-state index in [9.17, 15) is 15.0 Å². The van der Waals surface area contributed by atoms with E-state index in [4.69, 9.17) is 4.74 Å². The fourth-order valence-electron chi connectivity index (χ4n) is 1.85. The predicted octanol–water partition coefficient (Wildman–Crippen LogP) is 3.03. The number of phenols is 1. The number of methoxy groups -OCH3 is 1. The van der Waals surface area contributed by atoms with Crippen molar-refractivity contribution in [2.24, 2.45) is 0 Å². The normalized spacial score (nSPS) is 11.2. The Balaban J connectivity index is 2.45. The van der Waals surface area contributed by atoms with Crippen molar-refractivity contribution in [1.82, 2.24) is 0 Å². The SMILES string of the molecule is COc1ccc(/C=C(/C(=O)O)c2ccccc2)cc1O. The molecule has 20 heavy (non-hydrogen) atoms. The molecule has 0 radical (unpaired) electrons. The number of benzene rings is 2. The number of phenolic OH excluding ortho intramolecular Hbond substituents is 1. The summed E-state index contributed by atoms with van der Waals surface area (Å²) in [6.45, 7) is 0. The molecule has 0 saturated carbocycles. The molecule has 0 saturated heterocycles. The van der Waals surface area contributed by atoms with E-state index < -0.39 is 5.97 Å². The Morgan fingerprint density at radius 3 is 2.40 bits per heavy atom. The van der Waals surface area contributed by atoms with Crippen molar-refractivity contribution in [2.45, 2.75) is 0 Å². The predicted molar refractivity (Wildman–Crippen MR) is 76.6 cm³/mol. The van der Waals surface area contributed by atoms with E-state index in [1.54, 1.807) is 36.4 Å². The molecule has 4 heteroatoms. The molecule has 0 atom stereocenters. The number of rotatable bonds is 4. The van der Waals surface area contributed by atoms with E-state index in [-0.39, 0.29) is 11.3 Å². The Kier molecular flexibility index (Phi) is 4.05. The van der Waals surface area contributed by atoms with Crippen LogP contribution in [0.5, 0.6) is 11.5 Å². The third kappa shape index (κ3) is 2.98. The molecule has 0 amide bonds. The van der Waals surface area contributed by atoms with Gasteiger partial charge in [0.1, 0.15) is 0 Å². The number of hydrogen-bond acceptors (Lipinski definition) is 3. The standard InChI is InChI=1S/C16H14O4/c1-20-15-8-7-11(10-14(15)17)9-13(16(18)19)12-5-3-2-4-6-12/h2-10,17H,1H3,(H,18,19)/b13-9+. The summed E-state index contributed by atoms with van der Waals surface area (Å²) in [6.07, 6.45) is 1.51. The van der Waals surface area contributed by atoms with E-state index in [0.29, 0.717) is 16.9 Å². The van der Waals surface area contributed by atoms with Gasteiger partial charge in [-0.2, -0.15) is 0 Å². The maximum absolute atomic E-state index is 11.4. The zero-order valence-electron chi connectivity index (χ0n) is 10.9. The first-order valence-corrected chi connectivity index (χ1v) is 5.99. The number of aliphatic carboxylic acids is 1. The van der Waals surface area contributed by atoms with Crippen LogP contribution in [0.25, 0.3) is 11.6 Å². The highest BCUT2D eigenvalue weighted by Gasteiger charge is 2.10. The van der Waals surface area contributed by atoms with Crippen molar-refractivity contribution in [3.63, 3.8) is 0 Å². The van der Waals surface area contributed by atoms with Crippen LogP contribution in [0.4, 0.5) is 0 Å². The molecular weight excluding hydrogens is 256 g/mol. The third-order valence-corrected chi connectivity index (χ3v) is 2.83. The van der Waals surface area contributed by atoms with E-state index in [0.717, 1.165) is 0 Å². The maximum Gasteiger partial charge on any atom is 0.336 e. The zero-order valence-corrected chi connectivity index (χ0v) is 10.9. The molecular formula is C16H14O4. The number of hydrogen-bond donors (Lipinski definition) is 2. The number of aromatic hydroxyl groups is 1. The average Bonchev–Trinajstić information content (AvgIpc) is 2.45. The molecule has 0 fully saturated rings. The first-order valence-electron chi connectivity index (χ1n) is 5.99. The number of carboxylic acid groups (broad SMARTS) is 1. The summed E-state index contributed by atoms with van der Waals surface area (Å²) < 4.78 is 4.95. The lowest BCUT2D eigenvalue weighted by molar-refractivity contribution is -0.130. The van der Waals surface area contributed by atoms with Gasteiger partial charge in [0, 0.05) is 0 Å². The van der Waals surface area contributed by atoms with Gasteiger partial charge in [0.05, 0.1) is 12.7 Å². The molecule has 0 aromatic heterocycles. The van der Waals surface area contributed by atoms with Gasteiger partial charge in [0.2, 0.25) is 0 Å². The lowest BCUT2D eigenvalue weighted by Crippen LogP contribution is -1.99. The molecule has 102 valence electrons. The van der Waals surface area contributed by atoms with E-state index in [1.807, 2.05) is 6.07 Å². The molecule has 2 aromatic carbocycles. The van der Waals surface area contributed by atoms with E-state index in [2.05, 4.69) is 0 Å². The van der Waals surface area contributed by atoms with Gasteiger partial charge in [0.25, 0.3) is 0 Å². The number of carbonyl (C=O) groups is 1. The summed E-state index contributed by atoms with van der Waals surface area (Å²) >= 11 is 0. The van der Waals surface area contributed by atoms with Gasteiger partial charge in [-0.15, -0.1) is 0 Å². The summed E-state index contributed by atoms with van der Waals surface area (Å²) in [5.74, 6) is -0.704. The second-order valence-electron chi connectivity index (χ2n) is 4.16. The van der Waals surface area contributed by atoms with E-state index in [1.165, 1.54) is 19.3 Å². The van der Waals surface area contributed by atoms with Gasteiger partial charge in [0.15, 0.2) is 11.5 Å². The number of ether oxygens (including phenoxy) is 1. The molecule has 0 heterocycles. The van der Waals surface area contributed by atoms with Gasteiger partial charge in [-0.05, 0) is 29.3 Å². The van der Waals surface area contributed by atoms with Gasteiger partial charge in [-0.1, -0.05) is 36.4 Å². The molecule has 0 unspecified atom stereocenters. The van der Waals surface area contributed by atoms with Crippen LogP contribution in [-0.2, 0) is 4.79 Å². The van der Waals surface area contributed by atoms with Crippen molar-refractivity contribution in [2.75, 3.05) is 7.11 Å². The van der Waals surface area contributed by atoms with Gasteiger partial charge in [-0.3, -0.25) is 0 Å². The van der Waals surface area contributed by atoms with Crippen molar-refractivity contribution in [1.29, 1.82) is 0 Å². The number of carboxylic acids is 1. The van der Waals surface area contributed by atoms with Gasteiger partial charge < -0.3 is 14.9 Å². The summed E-state index contributed by atoms with van der Waals surface area (Å²) in [5, 5.41) is 19.0. The Labute approximate surface area is 116 Å². The Bertz CT molecular complexity index is 645. The van der Waals surface area contributed by atoms with Crippen molar-refractivity contribution in [3.8, 4) is 11.5 Å². The molecule has 0 aliphatic carbocycles. The monoisotopic (exact) mass is 270 g/mol. The van der Waals surface area contributed by atoms with Crippen LogP contribution in [-0.4, -0.2) is 23.3 Å². The zero-order chi connectivity index (χ0) is 14.5. The lowest BCUT2D eigenvalue weighted by atomic mass is 10.0. The van der Waals surface area contributed by atoms with Crippen LogP contribution >= 0.6 is 0 Å². The highest BCUT2D eigenvalue weighted by molar-refractivity contribution is 6.20. The summed E-state index contributed by atoms with van der Waals surface area (Å²) in [5.41, 5.74) is 1.36. The highest BCUT2D eigenvalue weighted by atomic mass is 16.5. The first kappa shape index (κ1) is 13.7. The summed E-state index contributed by atoms with van der Waals surface area (Å²) in [7, 11) is 1.46. The quantitative estimate of drug-likeness (QED) is 0.662. The third-order valence-electron chi connectivity index (χ3n) is 2.83. The van der Waals surface area contributed by atoms with Crippen LogP contribution in [0.2, 0.25) is 0 Å². The topological polar surface area (TPSA) is 66.8 Å². The lowest BCUT2D eigenvalue weighted by Gasteiger charge is -2.06. The fraction of sp³-hybridized carbons (Fsp3) is 0.0625. The van der Waals surface area contributed by atoms with Crippen molar-refractivity contribution >= 4 is 17.6 Å². The Morgan fingerprint density at radius 1 is 1.15 bits per heavy atom. The minimum atomic E-state index is -1.02. The largest absolute Gasteiger partial charge is 0.504 e. The minimum absolute atomic E-state index is 0.0287. The minimum Gasteiger partial charge on any atom is -0.504 e. The Hall–Kier alpha value is -2.75. The average molecular weight is 270 g/mol. The smallest absolute Gasteiger partial charge is 0.336 e. The molecule has 4 nitrogen and oxygen atoms in total. The Morgan fingerprint density at radius 2 is 1.85 bits per heavy atom. The molecule has 2 aromatic rings. The summed E-state index contributed by atoms with van der Waals surface area (Å²) in [6, 6.07) is 13.6. The molecule has 2 N–H and O–H groups in total. The second-order valence-corrected chi connectivity index (χ2v) is 4.16. The first-order chi connectivity index (χ1) is 9.61. The van der Waals surface area contributed by atoms with Crippen LogP contribution < -0.4 is 4.74 Å². The maximum atomic E-state index is 11.4. The van der Waals surface area contributed by atoms with Crippen LogP contribution in [0.3, 0.4) is 0 Å². The van der Waals surface area contributed by atoms with E-state index >= 15 is 0 Å². The van der Waals surface area contributed by atoms with Crippen molar-refractivity contribution in [3.05, 3.63) is 59.7 Å². The molecule has 2 rings (SSSR count). The van der Waals surface area contributed by atoms with Crippen LogP contribution in [0.15, 0.2) is 48.5 Å². The van der Waals surface area contributed by atoms with Gasteiger partial charge >= 0.3 is 5.97 Å². The van der Waals surface area contributed by atoms with Crippen LogP contribution in [0.1, 0.15) is 11.1 Å². The highest BCUT2D eigenvalue weighted by Crippen LogP contribution is 2.28. The molecule has 0 aliphatic heterocycles. The fourth-order valence-corrected chi connectivity index (χ4v) is 1.85. The van der Waals surface area contributed by atoms with Crippen molar-refractivity contribution < 1.29 is 19.7 Å². The van der Waals surface area contributed by atoms with Crippen LogP contribution in [0, 0.1) is 0 Å². The molecule has 0 spiro atoms. The second kappa shape index (κ2) is 5.93. The summed E-state index contributed by atoms with van der Waals surface area (Å²) in [4.78, 5) is 11.4. The molecule has 0 aliphatic rings. The van der Waals surface area contributed by atoms with Gasteiger partial charge in [-0.25, -0.2) is 4.79 Å². The molecule has 0 bridgehead atoms.